The highest BCUT2D eigenvalue weighted by atomic mass is 32.1. The molecular formula is C17H19F3OS. The molecule has 4 saturated carbocycles. The molecule has 1 heterocycles. The van der Waals surface area contributed by atoms with Gasteiger partial charge >= 0.3 is 6.18 Å². The van der Waals surface area contributed by atoms with Crippen molar-refractivity contribution in [2.24, 2.45) is 23.7 Å². The van der Waals surface area contributed by atoms with Crippen molar-refractivity contribution in [1.82, 2.24) is 0 Å². The third-order valence-corrected chi connectivity index (χ3v) is 6.78. The zero-order chi connectivity index (χ0) is 15.5. The van der Waals surface area contributed by atoms with Gasteiger partial charge in [-0.3, -0.25) is 0 Å². The minimum Gasteiger partial charge on any atom is -0.372 e. The van der Waals surface area contributed by atoms with Crippen LogP contribution in [0.1, 0.15) is 37.0 Å². The average molecular weight is 328 g/mol. The topological polar surface area (TPSA) is 20.2 Å². The lowest BCUT2D eigenvalue weighted by atomic mass is 9.54. The van der Waals surface area contributed by atoms with Gasteiger partial charge in [-0.25, -0.2) is 0 Å². The van der Waals surface area contributed by atoms with Crippen LogP contribution in [0.5, 0.6) is 0 Å². The van der Waals surface area contributed by atoms with Gasteiger partial charge < -0.3 is 5.11 Å². The molecule has 0 saturated heterocycles. The van der Waals surface area contributed by atoms with Crippen LogP contribution < -0.4 is 0 Å². The highest BCUT2D eigenvalue weighted by Gasteiger charge is 2.56. The number of halogens is 3. The Kier molecular flexibility index (Phi) is 3.25. The molecular weight excluding hydrogens is 309 g/mol. The van der Waals surface area contributed by atoms with Gasteiger partial charge in [-0.1, -0.05) is 11.6 Å². The number of aliphatic hydroxyl groups is 1. The number of hydrogen-bond donors (Lipinski definition) is 1. The van der Waals surface area contributed by atoms with Gasteiger partial charge in [0.1, 0.15) is 0 Å². The second kappa shape index (κ2) is 4.84. The molecule has 1 N–H and O–H groups in total. The van der Waals surface area contributed by atoms with E-state index in [1.54, 1.807) is 11.4 Å². The van der Waals surface area contributed by atoms with E-state index in [9.17, 15) is 18.3 Å². The molecule has 0 aromatic carbocycles. The molecule has 4 fully saturated rings. The van der Waals surface area contributed by atoms with Gasteiger partial charge in [-0.15, -0.1) is 11.3 Å². The fraction of sp³-hybridized carbons (Fsp3) is 0.647. The predicted molar refractivity (Wildman–Crippen MR) is 79.4 cm³/mol. The van der Waals surface area contributed by atoms with E-state index in [-0.39, 0.29) is 16.7 Å². The molecule has 1 aromatic rings. The van der Waals surface area contributed by atoms with E-state index in [1.807, 2.05) is 0 Å². The Morgan fingerprint density at radius 2 is 1.64 bits per heavy atom. The largest absolute Gasteiger partial charge is 0.425 e. The molecule has 5 heteroatoms. The summed E-state index contributed by atoms with van der Waals surface area (Å²) in [5, 5.41) is 12.1. The van der Waals surface area contributed by atoms with Crippen LogP contribution in [-0.4, -0.2) is 11.3 Å². The minimum atomic E-state index is -4.68. The quantitative estimate of drug-likeness (QED) is 0.767. The summed E-state index contributed by atoms with van der Waals surface area (Å²) in [6.07, 6.45) is 1.79. The maximum atomic E-state index is 13.6. The van der Waals surface area contributed by atoms with Gasteiger partial charge in [0.2, 0.25) is 5.60 Å². The van der Waals surface area contributed by atoms with Crippen LogP contribution in [-0.2, 0) is 5.60 Å². The average Bonchev–Trinajstić information content (AvgIpc) is 2.95. The van der Waals surface area contributed by atoms with E-state index in [1.165, 1.54) is 18.6 Å². The highest BCUT2D eigenvalue weighted by Crippen LogP contribution is 2.57. The first kappa shape index (κ1) is 14.8. The zero-order valence-corrected chi connectivity index (χ0v) is 13.0. The van der Waals surface area contributed by atoms with Crippen molar-refractivity contribution >= 4 is 11.3 Å². The van der Waals surface area contributed by atoms with Crippen LogP contribution in [0.3, 0.4) is 0 Å². The summed E-state index contributed by atoms with van der Waals surface area (Å²) in [6, 6.07) is 2.94. The van der Waals surface area contributed by atoms with E-state index in [0.29, 0.717) is 11.8 Å². The van der Waals surface area contributed by atoms with Crippen molar-refractivity contribution in [1.29, 1.82) is 0 Å². The summed E-state index contributed by atoms with van der Waals surface area (Å²) in [6.45, 7) is 0. The molecule has 120 valence electrons. The van der Waals surface area contributed by atoms with Crippen LogP contribution in [0.4, 0.5) is 13.2 Å². The van der Waals surface area contributed by atoms with Gasteiger partial charge in [-0.05, 0) is 73.3 Å². The fourth-order valence-electron chi connectivity index (χ4n) is 4.99. The lowest BCUT2D eigenvalue weighted by Gasteiger charge is -2.52. The van der Waals surface area contributed by atoms with Crippen LogP contribution in [0.15, 0.2) is 29.2 Å². The van der Waals surface area contributed by atoms with Crippen molar-refractivity contribution in [2.45, 2.75) is 43.9 Å². The Labute approximate surface area is 131 Å². The van der Waals surface area contributed by atoms with Gasteiger partial charge in [0.05, 0.1) is 0 Å². The predicted octanol–water partition coefficient (Wildman–Crippen LogP) is 4.88. The summed E-state index contributed by atoms with van der Waals surface area (Å²) >= 11 is 0.968. The second-order valence-corrected chi connectivity index (χ2v) is 8.14. The van der Waals surface area contributed by atoms with Crippen LogP contribution in [0, 0.1) is 23.7 Å². The van der Waals surface area contributed by atoms with E-state index in [0.717, 1.165) is 42.6 Å². The van der Waals surface area contributed by atoms with Crippen molar-refractivity contribution < 1.29 is 18.3 Å². The Morgan fingerprint density at radius 3 is 2.09 bits per heavy atom. The molecule has 0 aliphatic heterocycles. The lowest BCUT2D eigenvalue weighted by molar-refractivity contribution is -0.244. The molecule has 4 bridgehead atoms. The summed E-state index contributed by atoms with van der Waals surface area (Å²) in [5.41, 5.74) is -1.95. The summed E-state index contributed by atoms with van der Waals surface area (Å²) < 4.78 is 40.8. The maximum Gasteiger partial charge on any atom is 0.425 e. The number of alkyl halides is 3. The standard InChI is InChI=1S/C17H19F3OS/c18-17(19,20)16(21,15-2-1-3-22-15)9-14-12-5-10-4-11(7-12)8-13(14)6-10/h1-3,9-13,21H,4-8H2. The Balaban J connectivity index is 1.76. The van der Waals surface area contributed by atoms with Crippen molar-refractivity contribution in [3.63, 3.8) is 0 Å². The third-order valence-electron chi connectivity index (χ3n) is 5.79. The Morgan fingerprint density at radius 1 is 1.05 bits per heavy atom. The molecule has 1 atom stereocenters. The third kappa shape index (κ3) is 2.16. The number of thiophene rings is 1. The van der Waals surface area contributed by atoms with E-state index < -0.39 is 11.8 Å². The number of hydrogen-bond acceptors (Lipinski definition) is 2. The van der Waals surface area contributed by atoms with Crippen molar-refractivity contribution in [2.75, 3.05) is 0 Å². The highest BCUT2D eigenvalue weighted by molar-refractivity contribution is 7.10. The fourth-order valence-corrected chi connectivity index (χ4v) is 5.81. The summed E-state index contributed by atoms with van der Waals surface area (Å²) in [4.78, 5) is -0.0266. The summed E-state index contributed by atoms with van der Waals surface area (Å²) in [5.74, 6) is 1.90. The van der Waals surface area contributed by atoms with Gasteiger partial charge in [-0.2, -0.15) is 13.2 Å². The molecule has 1 aromatic heterocycles. The molecule has 0 radical (unpaired) electrons. The second-order valence-electron chi connectivity index (χ2n) is 7.19. The van der Waals surface area contributed by atoms with Crippen LogP contribution >= 0.6 is 11.3 Å². The molecule has 1 unspecified atom stereocenters. The molecule has 0 amide bonds. The molecule has 0 spiro atoms. The number of allylic oxidation sites excluding steroid dienone is 1. The Hall–Kier alpha value is -0.810. The molecule has 4 aliphatic carbocycles. The van der Waals surface area contributed by atoms with Gasteiger partial charge in [0.25, 0.3) is 0 Å². The van der Waals surface area contributed by atoms with Crippen LogP contribution in [0.25, 0.3) is 0 Å². The van der Waals surface area contributed by atoms with Crippen LogP contribution in [0.2, 0.25) is 0 Å². The molecule has 1 nitrogen and oxygen atoms in total. The van der Waals surface area contributed by atoms with Gasteiger partial charge in [0.15, 0.2) is 0 Å². The number of rotatable bonds is 2. The Bertz CT molecular complexity index is 560. The van der Waals surface area contributed by atoms with Crippen molar-refractivity contribution in [3.05, 3.63) is 34.0 Å². The van der Waals surface area contributed by atoms with Gasteiger partial charge in [0, 0.05) is 4.88 Å². The first-order valence-corrected chi connectivity index (χ1v) is 8.80. The van der Waals surface area contributed by atoms with E-state index in [2.05, 4.69) is 0 Å². The normalized spacial score (nSPS) is 36.5. The van der Waals surface area contributed by atoms with E-state index in [4.69, 9.17) is 0 Å². The zero-order valence-electron chi connectivity index (χ0n) is 12.1. The first-order chi connectivity index (χ1) is 10.4. The lowest BCUT2D eigenvalue weighted by Crippen LogP contribution is -2.44. The van der Waals surface area contributed by atoms with Crippen molar-refractivity contribution in [3.8, 4) is 0 Å². The first-order valence-electron chi connectivity index (χ1n) is 7.92. The maximum absolute atomic E-state index is 13.6. The molecule has 5 rings (SSSR count). The summed E-state index contributed by atoms with van der Waals surface area (Å²) in [7, 11) is 0. The van der Waals surface area contributed by atoms with E-state index >= 15 is 0 Å². The molecule has 22 heavy (non-hydrogen) atoms. The smallest absolute Gasteiger partial charge is 0.372 e. The monoisotopic (exact) mass is 328 g/mol. The minimum absolute atomic E-state index is 0.0266. The molecule has 4 aliphatic rings. The SMILES string of the molecule is OC(C=C1C2CC3CC(C2)CC1C3)(c1cccs1)C(F)(F)F.